The molecule has 0 heterocycles. The Balaban J connectivity index is 1.48. The van der Waals surface area contributed by atoms with E-state index in [9.17, 15) is 14.4 Å². The van der Waals surface area contributed by atoms with Crippen LogP contribution in [-0.4, -0.2) is 50.6 Å². The van der Waals surface area contributed by atoms with Gasteiger partial charge in [0.1, 0.15) is 0 Å². The maximum Gasteiger partial charge on any atom is 0.251 e. The molecule has 3 amide bonds. The minimum Gasteiger partial charge on any atom is -0.385 e. The Kier molecular flexibility index (Phi) is 9.91. The fourth-order valence-corrected chi connectivity index (χ4v) is 3.93. The van der Waals surface area contributed by atoms with E-state index in [-0.39, 0.29) is 30.3 Å². The highest BCUT2D eigenvalue weighted by Gasteiger charge is 2.17. The van der Waals surface area contributed by atoms with Gasteiger partial charge in [0.2, 0.25) is 5.91 Å². The van der Waals surface area contributed by atoms with Gasteiger partial charge in [-0.15, -0.1) is 0 Å². The first-order chi connectivity index (χ1) is 16.5. The second-order valence-electron chi connectivity index (χ2n) is 8.47. The second kappa shape index (κ2) is 13.3. The van der Waals surface area contributed by atoms with Crippen molar-refractivity contribution < 1.29 is 19.1 Å². The second-order valence-corrected chi connectivity index (χ2v) is 8.47. The molecule has 0 saturated heterocycles. The van der Waals surface area contributed by atoms with Crippen LogP contribution >= 0.6 is 0 Å². The van der Waals surface area contributed by atoms with Crippen LogP contribution in [0.1, 0.15) is 59.2 Å². The number of carbonyl (C=O) groups is 3. The van der Waals surface area contributed by atoms with Crippen LogP contribution in [0.5, 0.6) is 0 Å². The molecule has 0 bridgehead atoms. The molecule has 1 aliphatic carbocycles. The van der Waals surface area contributed by atoms with E-state index in [0.717, 1.165) is 32.1 Å². The molecule has 0 spiro atoms. The summed E-state index contributed by atoms with van der Waals surface area (Å²) in [6.45, 7) is 1.13. The first-order valence-corrected chi connectivity index (χ1v) is 11.9. The molecule has 4 N–H and O–H groups in total. The van der Waals surface area contributed by atoms with Crippen LogP contribution in [0.25, 0.3) is 0 Å². The third kappa shape index (κ3) is 8.19. The predicted octanol–water partition coefficient (Wildman–Crippen LogP) is 3.57. The molecular formula is C26H34N4O4. The standard InChI is InChI=1S/C26H34N4O4/c1-34-15-7-14-27-25(32)19-8-6-13-23(17-19)29-24(31)18-28-22-12-5-9-20(16-22)26(33)30-21-10-3-2-4-11-21/h5-6,8-9,12-13,16-17,21,28H,2-4,7,10-11,14-15,18H2,1H3,(H,27,32)(H,29,31)(H,30,33). The highest BCUT2D eigenvalue weighted by atomic mass is 16.5. The van der Waals surface area contributed by atoms with Gasteiger partial charge >= 0.3 is 0 Å². The van der Waals surface area contributed by atoms with Crippen molar-refractivity contribution in [3.63, 3.8) is 0 Å². The summed E-state index contributed by atoms with van der Waals surface area (Å²) in [6, 6.07) is 14.2. The van der Waals surface area contributed by atoms with Crippen molar-refractivity contribution >= 4 is 29.1 Å². The van der Waals surface area contributed by atoms with E-state index >= 15 is 0 Å². The summed E-state index contributed by atoms with van der Waals surface area (Å²) in [5, 5.41) is 11.8. The molecule has 0 aliphatic heterocycles. The fraction of sp³-hybridized carbons (Fsp3) is 0.423. The van der Waals surface area contributed by atoms with Crippen LogP contribution in [0.3, 0.4) is 0 Å². The van der Waals surface area contributed by atoms with Gasteiger partial charge in [-0.25, -0.2) is 0 Å². The summed E-state index contributed by atoms with van der Waals surface area (Å²) < 4.78 is 4.97. The Labute approximate surface area is 200 Å². The average molecular weight is 467 g/mol. The van der Waals surface area contributed by atoms with Gasteiger partial charge in [0.05, 0.1) is 6.54 Å². The maximum atomic E-state index is 12.6. The molecule has 8 heteroatoms. The van der Waals surface area contributed by atoms with Crippen LogP contribution in [0.15, 0.2) is 48.5 Å². The van der Waals surface area contributed by atoms with Crippen LogP contribution in [0, 0.1) is 0 Å². The molecule has 1 fully saturated rings. The molecule has 0 aromatic heterocycles. The third-order valence-electron chi connectivity index (χ3n) is 5.74. The monoisotopic (exact) mass is 466 g/mol. The van der Waals surface area contributed by atoms with E-state index in [1.165, 1.54) is 6.42 Å². The van der Waals surface area contributed by atoms with Gasteiger partial charge in [-0.05, 0) is 55.7 Å². The SMILES string of the molecule is COCCCNC(=O)c1cccc(NC(=O)CNc2cccc(C(=O)NC3CCCCC3)c2)c1. The highest BCUT2D eigenvalue weighted by Crippen LogP contribution is 2.18. The van der Waals surface area contributed by atoms with Gasteiger partial charge < -0.3 is 26.0 Å². The number of nitrogens with one attached hydrogen (secondary N) is 4. The number of benzene rings is 2. The van der Waals surface area contributed by atoms with Crippen molar-refractivity contribution in [3.8, 4) is 0 Å². The zero-order valence-corrected chi connectivity index (χ0v) is 19.7. The molecule has 0 radical (unpaired) electrons. The van der Waals surface area contributed by atoms with Gasteiger partial charge in [-0.1, -0.05) is 31.4 Å². The van der Waals surface area contributed by atoms with Gasteiger partial charge in [0.25, 0.3) is 11.8 Å². The Hall–Kier alpha value is -3.39. The number of amides is 3. The third-order valence-corrected chi connectivity index (χ3v) is 5.74. The summed E-state index contributed by atoms with van der Waals surface area (Å²) in [7, 11) is 1.62. The highest BCUT2D eigenvalue weighted by molar-refractivity contribution is 5.98. The minimum absolute atomic E-state index is 0.0289. The maximum absolute atomic E-state index is 12.6. The molecule has 2 aromatic rings. The van der Waals surface area contributed by atoms with Crippen LogP contribution in [-0.2, 0) is 9.53 Å². The number of anilines is 2. The summed E-state index contributed by atoms with van der Waals surface area (Å²) >= 11 is 0. The van der Waals surface area contributed by atoms with Crippen molar-refractivity contribution in [1.29, 1.82) is 0 Å². The molecule has 1 saturated carbocycles. The van der Waals surface area contributed by atoms with E-state index in [2.05, 4.69) is 21.3 Å². The lowest BCUT2D eigenvalue weighted by Gasteiger charge is -2.22. The van der Waals surface area contributed by atoms with Crippen molar-refractivity contribution in [2.75, 3.05) is 37.4 Å². The Morgan fingerprint density at radius 3 is 2.32 bits per heavy atom. The Bertz CT molecular complexity index is 973. The topological polar surface area (TPSA) is 109 Å². The zero-order chi connectivity index (χ0) is 24.2. The van der Waals surface area contributed by atoms with Crippen LogP contribution < -0.4 is 21.3 Å². The normalized spacial score (nSPS) is 13.7. The quantitative estimate of drug-likeness (QED) is 0.379. The van der Waals surface area contributed by atoms with E-state index < -0.39 is 0 Å². The molecule has 8 nitrogen and oxygen atoms in total. The molecule has 1 aliphatic rings. The predicted molar refractivity (Wildman–Crippen MR) is 133 cm³/mol. The van der Waals surface area contributed by atoms with Crippen molar-refractivity contribution in [2.24, 2.45) is 0 Å². The molecule has 0 unspecified atom stereocenters. The lowest BCUT2D eigenvalue weighted by molar-refractivity contribution is -0.114. The number of carbonyl (C=O) groups excluding carboxylic acids is 3. The van der Waals surface area contributed by atoms with Gasteiger partial charge in [0, 0.05) is 48.8 Å². The summed E-state index contributed by atoms with van der Waals surface area (Å²) in [5.74, 6) is -0.541. The first-order valence-electron chi connectivity index (χ1n) is 11.9. The van der Waals surface area contributed by atoms with E-state index in [4.69, 9.17) is 4.74 Å². The van der Waals surface area contributed by atoms with Crippen LogP contribution in [0.2, 0.25) is 0 Å². The lowest BCUT2D eigenvalue weighted by atomic mass is 9.95. The number of ether oxygens (including phenoxy) is 1. The molecule has 182 valence electrons. The van der Waals surface area contributed by atoms with Crippen molar-refractivity contribution in [3.05, 3.63) is 59.7 Å². The van der Waals surface area contributed by atoms with Gasteiger partial charge in [-0.3, -0.25) is 14.4 Å². The summed E-state index contributed by atoms with van der Waals surface area (Å²) in [5.41, 5.74) is 2.27. The fourth-order valence-electron chi connectivity index (χ4n) is 3.93. The molecule has 3 rings (SSSR count). The first kappa shape index (κ1) is 25.2. The van der Waals surface area contributed by atoms with Crippen molar-refractivity contribution in [2.45, 2.75) is 44.6 Å². The summed E-state index contributed by atoms with van der Waals surface area (Å²) in [4.78, 5) is 37.3. The zero-order valence-electron chi connectivity index (χ0n) is 19.7. The van der Waals surface area contributed by atoms with E-state index in [1.807, 2.05) is 6.07 Å². The Morgan fingerprint density at radius 1 is 0.912 bits per heavy atom. The number of hydrogen-bond donors (Lipinski definition) is 4. The van der Waals surface area contributed by atoms with E-state index in [0.29, 0.717) is 35.7 Å². The number of rotatable bonds is 11. The lowest BCUT2D eigenvalue weighted by Crippen LogP contribution is -2.36. The Morgan fingerprint density at radius 2 is 1.59 bits per heavy atom. The smallest absolute Gasteiger partial charge is 0.251 e. The minimum atomic E-state index is -0.255. The van der Waals surface area contributed by atoms with Gasteiger partial charge in [0.15, 0.2) is 0 Å². The average Bonchev–Trinajstić information content (AvgIpc) is 2.86. The van der Waals surface area contributed by atoms with E-state index in [1.54, 1.807) is 49.6 Å². The summed E-state index contributed by atoms with van der Waals surface area (Å²) in [6.07, 6.45) is 6.34. The molecular weight excluding hydrogens is 432 g/mol. The number of methoxy groups -OCH3 is 1. The largest absolute Gasteiger partial charge is 0.385 e. The van der Waals surface area contributed by atoms with Gasteiger partial charge in [-0.2, -0.15) is 0 Å². The van der Waals surface area contributed by atoms with Crippen molar-refractivity contribution in [1.82, 2.24) is 10.6 Å². The number of hydrogen-bond acceptors (Lipinski definition) is 5. The molecule has 2 aromatic carbocycles. The molecule has 0 atom stereocenters. The van der Waals surface area contributed by atoms with Crippen LogP contribution in [0.4, 0.5) is 11.4 Å². The molecule has 34 heavy (non-hydrogen) atoms.